The van der Waals surface area contributed by atoms with Crippen molar-refractivity contribution in [2.24, 2.45) is 0 Å². The molecule has 1 aromatic heterocycles. The molecule has 3 rings (SSSR count). The summed E-state index contributed by atoms with van der Waals surface area (Å²) in [6.45, 7) is -0.610. The Morgan fingerprint density at radius 1 is 1.04 bits per heavy atom. The second-order valence-electron chi connectivity index (χ2n) is 5.22. The zero-order chi connectivity index (χ0) is 18.0. The normalized spacial score (nSPS) is 11.5. The average Bonchev–Trinajstić information content (AvgIpc) is 2.58. The molecule has 0 aliphatic heterocycles. The van der Waals surface area contributed by atoms with Crippen LogP contribution >= 0.6 is 0 Å². The molecule has 0 aliphatic carbocycles. The maximum Gasteiger partial charge on any atom is 0.416 e. The van der Waals surface area contributed by atoms with Gasteiger partial charge in [0.05, 0.1) is 5.56 Å². The Morgan fingerprint density at radius 2 is 1.72 bits per heavy atom. The Hall–Kier alpha value is -3.09. The van der Waals surface area contributed by atoms with Gasteiger partial charge in [0, 0.05) is 10.9 Å². The minimum Gasteiger partial charge on any atom is -0.457 e. The van der Waals surface area contributed by atoms with Crippen molar-refractivity contribution in [2.75, 3.05) is 0 Å². The molecule has 128 valence electrons. The predicted molar refractivity (Wildman–Crippen MR) is 83.0 cm³/mol. The van der Waals surface area contributed by atoms with Crippen LogP contribution in [0.25, 0.3) is 11.0 Å². The molecule has 0 fully saturated rings. The molecule has 25 heavy (non-hydrogen) atoms. The van der Waals surface area contributed by atoms with Gasteiger partial charge in [-0.25, -0.2) is 9.59 Å². The van der Waals surface area contributed by atoms with Crippen LogP contribution in [0, 0.1) is 0 Å². The van der Waals surface area contributed by atoms with Crippen molar-refractivity contribution in [1.29, 1.82) is 0 Å². The third-order valence-corrected chi connectivity index (χ3v) is 3.54. The summed E-state index contributed by atoms with van der Waals surface area (Å²) in [6.07, 6.45) is -4.56. The molecule has 0 spiro atoms. The van der Waals surface area contributed by atoms with Crippen molar-refractivity contribution in [3.05, 3.63) is 81.7 Å². The van der Waals surface area contributed by atoms with Crippen LogP contribution in [-0.2, 0) is 17.5 Å². The van der Waals surface area contributed by atoms with Gasteiger partial charge in [0.15, 0.2) is 0 Å². The minimum absolute atomic E-state index is 0.200. The molecule has 0 aliphatic rings. The number of hydrogen-bond donors (Lipinski definition) is 0. The number of carbonyl (C=O) groups is 1. The molecule has 7 heteroatoms. The van der Waals surface area contributed by atoms with Crippen LogP contribution in [0.4, 0.5) is 13.2 Å². The fraction of sp³-hybridized carbons (Fsp3) is 0.111. The second-order valence-corrected chi connectivity index (χ2v) is 5.22. The largest absolute Gasteiger partial charge is 0.457 e. The van der Waals surface area contributed by atoms with E-state index in [0.29, 0.717) is 11.0 Å². The van der Waals surface area contributed by atoms with E-state index in [2.05, 4.69) is 0 Å². The first-order chi connectivity index (χ1) is 11.9. The first kappa shape index (κ1) is 16.8. The van der Waals surface area contributed by atoms with E-state index in [1.165, 1.54) is 24.3 Å². The Morgan fingerprint density at radius 3 is 2.48 bits per heavy atom. The standard InChI is InChI=1S/C18H11F3O4/c19-18(20,21)14-7-3-1-6-12(14)10-24-16(22)13-9-11-5-2-4-8-15(11)25-17(13)23/h1-9H,10H2. The molecule has 0 atom stereocenters. The van der Waals surface area contributed by atoms with E-state index in [9.17, 15) is 22.8 Å². The van der Waals surface area contributed by atoms with E-state index >= 15 is 0 Å². The number of esters is 1. The highest BCUT2D eigenvalue weighted by Crippen LogP contribution is 2.32. The van der Waals surface area contributed by atoms with E-state index < -0.39 is 29.9 Å². The van der Waals surface area contributed by atoms with Gasteiger partial charge in [-0.15, -0.1) is 0 Å². The third-order valence-electron chi connectivity index (χ3n) is 3.54. The van der Waals surface area contributed by atoms with Crippen LogP contribution < -0.4 is 5.63 Å². The third kappa shape index (κ3) is 3.55. The summed E-state index contributed by atoms with van der Waals surface area (Å²) >= 11 is 0. The lowest BCUT2D eigenvalue weighted by Crippen LogP contribution is -2.17. The number of halogens is 3. The highest BCUT2D eigenvalue weighted by Gasteiger charge is 2.33. The molecule has 0 N–H and O–H groups in total. The number of fused-ring (bicyclic) bond motifs is 1. The highest BCUT2D eigenvalue weighted by molar-refractivity contribution is 5.92. The molecule has 0 bridgehead atoms. The predicted octanol–water partition coefficient (Wildman–Crippen LogP) is 4.17. The molecule has 0 unspecified atom stereocenters. The zero-order valence-electron chi connectivity index (χ0n) is 12.7. The van der Waals surface area contributed by atoms with Crippen molar-refractivity contribution >= 4 is 16.9 Å². The van der Waals surface area contributed by atoms with Crippen LogP contribution in [-0.4, -0.2) is 5.97 Å². The SMILES string of the molecule is O=C(OCc1ccccc1C(F)(F)F)c1cc2ccccc2oc1=O. The molecule has 0 saturated heterocycles. The van der Waals surface area contributed by atoms with Crippen molar-refractivity contribution in [1.82, 2.24) is 0 Å². The molecule has 4 nitrogen and oxygen atoms in total. The molecule has 1 heterocycles. The Bertz CT molecular complexity index is 989. The van der Waals surface area contributed by atoms with Crippen molar-refractivity contribution < 1.29 is 27.1 Å². The summed E-state index contributed by atoms with van der Waals surface area (Å²) in [4.78, 5) is 23.9. The molecule has 0 saturated carbocycles. The molecular weight excluding hydrogens is 337 g/mol. The lowest BCUT2D eigenvalue weighted by molar-refractivity contribution is -0.138. The fourth-order valence-corrected chi connectivity index (χ4v) is 2.35. The first-order valence-electron chi connectivity index (χ1n) is 7.21. The Kier molecular flexibility index (Phi) is 4.31. The monoisotopic (exact) mass is 348 g/mol. The maximum atomic E-state index is 12.9. The number of alkyl halides is 3. The Labute approximate surface area is 139 Å². The van der Waals surface area contributed by atoms with Crippen molar-refractivity contribution in [3.8, 4) is 0 Å². The number of rotatable bonds is 3. The average molecular weight is 348 g/mol. The van der Waals surface area contributed by atoms with E-state index in [0.717, 1.165) is 6.07 Å². The van der Waals surface area contributed by atoms with Gasteiger partial charge in [0.2, 0.25) is 0 Å². The summed E-state index contributed by atoms with van der Waals surface area (Å²) in [5.41, 5.74) is -2.08. The molecular formula is C18H11F3O4. The number of hydrogen-bond acceptors (Lipinski definition) is 4. The van der Waals surface area contributed by atoms with E-state index in [1.54, 1.807) is 24.3 Å². The molecule has 0 radical (unpaired) electrons. The lowest BCUT2D eigenvalue weighted by Gasteiger charge is -2.12. The summed E-state index contributed by atoms with van der Waals surface area (Å²) in [5.74, 6) is -1.04. The quantitative estimate of drug-likeness (QED) is 0.527. The van der Waals surface area contributed by atoms with Gasteiger partial charge in [-0.1, -0.05) is 36.4 Å². The van der Waals surface area contributed by atoms with Gasteiger partial charge >= 0.3 is 17.8 Å². The van der Waals surface area contributed by atoms with Gasteiger partial charge in [0.25, 0.3) is 0 Å². The second kappa shape index (κ2) is 6.43. The first-order valence-corrected chi connectivity index (χ1v) is 7.21. The van der Waals surface area contributed by atoms with Gasteiger partial charge in [-0.2, -0.15) is 13.2 Å². The topological polar surface area (TPSA) is 56.5 Å². The van der Waals surface area contributed by atoms with Gasteiger partial charge in [-0.3, -0.25) is 0 Å². The number of ether oxygens (including phenoxy) is 1. The van der Waals surface area contributed by atoms with Crippen LogP contribution in [0.3, 0.4) is 0 Å². The Balaban J connectivity index is 1.85. The summed E-state index contributed by atoms with van der Waals surface area (Å²) in [7, 11) is 0. The van der Waals surface area contributed by atoms with E-state index in [1.807, 2.05) is 0 Å². The lowest BCUT2D eigenvalue weighted by atomic mass is 10.1. The number of benzene rings is 2. The number of carbonyl (C=O) groups excluding carboxylic acids is 1. The summed E-state index contributed by atoms with van der Waals surface area (Å²) in [6, 6.07) is 12.6. The van der Waals surface area contributed by atoms with E-state index in [4.69, 9.17) is 9.15 Å². The van der Waals surface area contributed by atoms with Gasteiger partial charge < -0.3 is 9.15 Å². The van der Waals surface area contributed by atoms with Gasteiger partial charge in [0.1, 0.15) is 17.8 Å². The van der Waals surface area contributed by atoms with Crippen molar-refractivity contribution in [3.63, 3.8) is 0 Å². The van der Waals surface area contributed by atoms with Crippen LogP contribution in [0.1, 0.15) is 21.5 Å². The maximum absolute atomic E-state index is 12.9. The van der Waals surface area contributed by atoms with Gasteiger partial charge in [-0.05, 0) is 18.2 Å². The molecule has 0 amide bonds. The fourth-order valence-electron chi connectivity index (χ4n) is 2.35. The minimum atomic E-state index is -4.56. The van der Waals surface area contributed by atoms with Crippen LogP contribution in [0.5, 0.6) is 0 Å². The molecule has 2 aromatic carbocycles. The van der Waals surface area contributed by atoms with E-state index in [-0.39, 0.29) is 11.1 Å². The summed E-state index contributed by atoms with van der Waals surface area (Å²) in [5, 5.41) is 0.504. The number of para-hydroxylation sites is 1. The smallest absolute Gasteiger partial charge is 0.416 e. The molecule has 3 aromatic rings. The van der Waals surface area contributed by atoms with Crippen molar-refractivity contribution in [2.45, 2.75) is 12.8 Å². The zero-order valence-corrected chi connectivity index (χ0v) is 12.7. The highest BCUT2D eigenvalue weighted by atomic mass is 19.4. The van der Waals surface area contributed by atoms with Crippen LogP contribution in [0.15, 0.2) is 63.8 Å². The van der Waals surface area contributed by atoms with Crippen LogP contribution in [0.2, 0.25) is 0 Å². The summed E-state index contributed by atoms with van der Waals surface area (Å²) < 4.78 is 48.7.